The summed E-state index contributed by atoms with van der Waals surface area (Å²) in [7, 11) is 4.07. The van der Waals surface area contributed by atoms with Gasteiger partial charge in [0.15, 0.2) is 0 Å². The van der Waals surface area contributed by atoms with Gasteiger partial charge in [-0.05, 0) is 50.9 Å². The van der Waals surface area contributed by atoms with Gasteiger partial charge in [0.2, 0.25) is 5.91 Å². The molecule has 2 aromatic rings. The lowest BCUT2D eigenvalue weighted by Crippen LogP contribution is -2.35. The summed E-state index contributed by atoms with van der Waals surface area (Å²) in [5.41, 5.74) is 1.18. The minimum Gasteiger partial charge on any atom is -0.464 e. The van der Waals surface area contributed by atoms with Crippen molar-refractivity contribution < 1.29 is 9.21 Å². The first-order chi connectivity index (χ1) is 12.6. The topological polar surface area (TPSA) is 36.7 Å². The Labute approximate surface area is 160 Å². The molecule has 0 bridgehead atoms. The number of furan rings is 1. The van der Waals surface area contributed by atoms with Gasteiger partial charge in [0.1, 0.15) is 11.5 Å². The van der Waals surface area contributed by atoms with E-state index in [1.807, 2.05) is 36.8 Å². The highest BCUT2D eigenvalue weighted by molar-refractivity contribution is 7.99. The van der Waals surface area contributed by atoms with Crippen molar-refractivity contribution in [2.24, 2.45) is 0 Å². The fourth-order valence-electron chi connectivity index (χ4n) is 3.24. The quantitative estimate of drug-likeness (QED) is 0.514. The Bertz CT molecular complexity index is 712. The highest BCUT2D eigenvalue weighted by Gasteiger charge is 2.23. The van der Waals surface area contributed by atoms with E-state index in [1.54, 1.807) is 0 Å². The number of rotatable bonds is 8. The van der Waals surface area contributed by atoms with Gasteiger partial charge < -0.3 is 14.2 Å². The second-order valence-corrected chi connectivity index (χ2v) is 8.25. The van der Waals surface area contributed by atoms with Crippen molar-refractivity contribution in [3.05, 3.63) is 53.5 Å². The molecule has 26 heavy (non-hydrogen) atoms. The number of hydrogen-bond donors (Lipinski definition) is 0. The van der Waals surface area contributed by atoms with Gasteiger partial charge in [-0.2, -0.15) is 0 Å². The Hall–Kier alpha value is -1.72. The van der Waals surface area contributed by atoms with Crippen molar-refractivity contribution in [1.82, 2.24) is 9.80 Å². The summed E-state index contributed by atoms with van der Waals surface area (Å²) < 4.78 is 5.92. The summed E-state index contributed by atoms with van der Waals surface area (Å²) in [5, 5.41) is 0. The molecule has 1 aromatic heterocycles. The summed E-state index contributed by atoms with van der Waals surface area (Å²) in [6.07, 6.45) is 3.51. The normalized spacial score (nSPS) is 13.9. The smallest absolute Gasteiger partial charge is 0.222 e. The van der Waals surface area contributed by atoms with E-state index < -0.39 is 0 Å². The first-order valence-electron chi connectivity index (χ1n) is 9.32. The molecule has 140 valence electrons. The van der Waals surface area contributed by atoms with Crippen molar-refractivity contribution in [1.29, 1.82) is 0 Å². The maximum Gasteiger partial charge on any atom is 0.222 e. The van der Waals surface area contributed by atoms with Crippen LogP contribution in [0.25, 0.3) is 0 Å². The SMILES string of the molecule is CN(C)Cc1cc2c(o1)CCN(C(=O)CCCCSc1ccccc1)C2. The van der Waals surface area contributed by atoms with Crippen molar-refractivity contribution in [3.63, 3.8) is 0 Å². The number of hydrogen-bond acceptors (Lipinski definition) is 4. The van der Waals surface area contributed by atoms with Crippen molar-refractivity contribution in [2.75, 3.05) is 26.4 Å². The van der Waals surface area contributed by atoms with Gasteiger partial charge >= 0.3 is 0 Å². The first-order valence-corrected chi connectivity index (χ1v) is 10.3. The number of thioether (sulfide) groups is 1. The molecule has 0 fully saturated rings. The van der Waals surface area contributed by atoms with Gasteiger partial charge in [0.25, 0.3) is 0 Å². The van der Waals surface area contributed by atoms with Crippen LogP contribution in [0.3, 0.4) is 0 Å². The molecular formula is C21H28N2O2S. The predicted molar refractivity (Wildman–Crippen MR) is 106 cm³/mol. The van der Waals surface area contributed by atoms with E-state index in [4.69, 9.17) is 4.42 Å². The number of carbonyl (C=O) groups excluding carboxylic acids is 1. The van der Waals surface area contributed by atoms with Gasteiger partial charge in [-0.25, -0.2) is 0 Å². The van der Waals surface area contributed by atoms with Crippen LogP contribution >= 0.6 is 11.8 Å². The van der Waals surface area contributed by atoms with Crippen LogP contribution in [-0.4, -0.2) is 42.1 Å². The highest BCUT2D eigenvalue weighted by Crippen LogP contribution is 2.24. The van der Waals surface area contributed by atoms with Gasteiger partial charge in [0.05, 0.1) is 6.54 Å². The monoisotopic (exact) mass is 372 g/mol. The van der Waals surface area contributed by atoms with Crippen molar-refractivity contribution >= 4 is 17.7 Å². The minimum absolute atomic E-state index is 0.274. The summed E-state index contributed by atoms with van der Waals surface area (Å²) >= 11 is 1.86. The number of fused-ring (bicyclic) bond motifs is 1. The Kier molecular flexibility index (Phi) is 6.80. The Morgan fingerprint density at radius 1 is 1.23 bits per heavy atom. The molecule has 1 aliphatic heterocycles. The van der Waals surface area contributed by atoms with E-state index in [-0.39, 0.29) is 5.91 Å². The van der Waals surface area contributed by atoms with Gasteiger partial charge in [-0.15, -0.1) is 11.8 Å². The molecule has 5 heteroatoms. The molecule has 1 amide bonds. The average Bonchev–Trinajstić information content (AvgIpc) is 3.02. The summed E-state index contributed by atoms with van der Waals surface area (Å²) in [6.45, 7) is 2.28. The molecule has 0 N–H and O–H groups in total. The van der Waals surface area contributed by atoms with Crippen LogP contribution in [0.2, 0.25) is 0 Å². The molecule has 3 rings (SSSR count). The Morgan fingerprint density at radius 2 is 2.04 bits per heavy atom. The van der Waals surface area contributed by atoms with E-state index >= 15 is 0 Å². The molecule has 1 aliphatic rings. The molecule has 4 nitrogen and oxygen atoms in total. The van der Waals surface area contributed by atoms with E-state index in [0.717, 1.165) is 49.6 Å². The zero-order chi connectivity index (χ0) is 18.4. The summed E-state index contributed by atoms with van der Waals surface area (Å²) in [5.74, 6) is 3.39. The van der Waals surface area contributed by atoms with Crippen LogP contribution in [0.15, 0.2) is 45.7 Å². The van der Waals surface area contributed by atoms with E-state index in [9.17, 15) is 4.79 Å². The third kappa shape index (κ3) is 5.39. The number of carbonyl (C=O) groups is 1. The zero-order valence-electron chi connectivity index (χ0n) is 15.7. The molecule has 0 spiro atoms. The van der Waals surface area contributed by atoms with Crippen LogP contribution < -0.4 is 0 Å². The second kappa shape index (κ2) is 9.28. The van der Waals surface area contributed by atoms with E-state index in [0.29, 0.717) is 13.0 Å². The van der Waals surface area contributed by atoms with Crippen LogP contribution in [0.5, 0.6) is 0 Å². The third-order valence-corrected chi connectivity index (χ3v) is 5.64. The van der Waals surface area contributed by atoms with E-state index in [1.165, 1.54) is 10.5 Å². The predicted octanol–water partition coefficient (Wildman–Crippen LogP) is 4.19. The van der Waals surface area contributed by atoms with Crippen LogP contribution in [-0.2, 0) is 24.3 Å². The first kappa shape index (κ1) is 19.1. The van der Waals surface area contributed by atoms with Crippen LogP contribution in [0, 0.1) is 0 Å². The maximum absolute atomic E-state index is 12.5. The molecule has 0 aliphatic carbocycles. The molecular weight excluding hydrogens is 344 g/mol. The highest BCUT2D eigenvalue weighted by atomic mass is 32.2. The number of benzene rings is 1. The third-order valence-electron chi connectivity index (χ3n) is 4.54. The van der Waals surface area contributed by atoms with Gasteiger partial charge in [0, 0.05) is 36.4 Å². The Morgan fingerprint density at radius 3 is 2.81 bits per heavy atom. The lowest BCUT2D eigenvalue weighted by Gasteiger charge is -2.26. The fraction of sp³-hybridized carbons (Fsp3) is 0.476. The van der Waals surface area contributed by atoms with E-state index in [2.05, 4.69) is 35.2 Å². The molecule has 0 radical (unpaired) electrons. The lowest BCUT2D eigenvalue weighted by atomic mass is 10.1. The second-order valence-electron chi connectivity index (χ2n) is 7.08. The summed E-state index contributed by atoms with van der Waals surface area (Å²) in [6, 6.07) is 12.6. The van der Waals surface area contributed by atoms with Crippen molar-refractivity contribution in [2.45, 2.75) is 43.7 Å². The number of amides is 1. The average molecular weight is 373 g/mol. The Balaban J connectivity index is 1.39. The molecule has 0 saturated heterocycles. The molecule has 0 atom stereocenters. The molecule has 2 heterocycles. The standard InChI is InChI=1S/C21H28N2O2S/c1-22(2)16-18-14-17-15-23(12-11-20(17)25-18)21(24)10-6-7-13-26-19-8-4-3-5-9-19/h3-5,8-9,14H,6-7,10-13,15-16H2,1-2H3. The maximum atomic E-state index is 12.5. The number of unbranched alkanes of at least 4 members (excludes halogenated alkanes) is 1. The molecule has 0 unspecified atom stereocenters. The van der Waals surface area contributed by atoms with Gasteiger partial charge in [-0.1, -0.05) is 18.2 Å². The largest absolute Gasteiger partial charge is 0.464 e. The number of nitrogens with zero attached hydrogens (tertiary/aromatic N) is 2. The molecule has 1 aromatic carbocycles. The van der Waals surface area contributed by atoms with Gasteiger partial charge in [-0.3, -0.25) is 4.79 Å². The minimum atomic E-state index is 0.274. The lowest BCUT2D eigenvalue weighted by molar-refractivity contribution is -0.132. The molecule has 0 saturated carbocycles. The zero-order valence-corrected chi connectivity index (χ0v) is 16.6. The van der Waals surface area contributed by atoms with Crippen LogP contribution in [0.4, 0.5) is 0 Å². The van der Waals surface area contributed by atoms with Crippen molar-refractivity contribution in [3.8, 4) is 0 Å². The summed E-state index contributed by atoms with van der Waals surface area (Å²) in [4.78, 5) is 17.9. The fourth-order valence-corrected chi connectivity index (χ4v) is 4.17. The van der Waals surface area contributed by atoms with Crippen LogP contribution in [0.1, 0.15) is 36.3 Å².